The zero-order valence-electron chi connectivity index (χ0n) is 10.6. The van der Waals surface area contributed by atoms with Gasteiger partial charge in [-0.25, -0.2) is 9.18 Å². The minimum absolute atomic E-state index is 0.166. The average Bonchev–Trinajstić information content (AvgIpc) is 2.76. The van der Waals surface area contributed by atoms with Gasteiger partial charge in [0.2, 0.25) is 0 Å². The Hall–Kier alpha value is -1.62. The molecule has 5 heteroatoms. The first-order valence-corrected chi connectivity index (χ1v) is 6.38. The zero-order chi connectivity index (χ0) is 13.8. The van der Waals surface area contributed by atoms with Gasteiger partial charge in [-0.1, -0.05) is 12.1 Å². The Kier molecular flexibility index (Phi) is 2.57. The van der Waals surface area contributed by atoms with Gasteiger partial charge in [-0.2, -0.15) is 0 Å². The van der Waals surface area contributed by atoms with Crippen molar-refractivity contribution in [2.24, 2.45) is 5.92 Å². The van der Waals surface area contributed by atoms with Crippen LogP contribution < -0.4 is 0 Å². The van der Waals surface area contributed by atoms with Gasteiger partial charge in [0, 0.05) is 5.54 Å². The summed E-state index contributed by atoms with van der Waals surface area (Å²) < 4.78 is 13.2. The summed E-state index contributed by atoms with van der Waals surface area (Å²) >= 11 is 0. The van der Waals surface area contributed by atoms with E-state index in [2.05, 4.69) is 0 Å². The van der Waals surface area contributed by atoms with Crippen molar-refractivity contribution >= 4 is 6.09 Å². The lowest BCUT2D eigenvalue weighted by molar-refractivity contribution is 0.0514. The molecule has 1 aliphatic carbocycles. The molecule has 0 aromatic heterocycles. The van der Waals surface area contributed by atoms with Gasteiger partial charge in [0.1, 0.15) is 5.82 Å². The van der Waals surface area contributed by atoms with Gasteiger partial charge in [-0.3, -0.25) is 4.90 Å². The molecule has 102 valence electrons. The van der Waals surface area contributed by atoms with Crippen molar-refractivity contribution in [3.63, 3.8) is 0 Å². The first kappa shape index (κ1) is 12.4. The number of benzene rings is 1. The van der Waals surface area contributed by atoms with Crippen LogP contribution in [0.4, 0.5) is 9.18 Å². The number of carbonyl (C=O) groups is 1. The summed E-state index contributed by atoms with van der Waals surface area (Å²) in [5.41, 5.74) is 0.0718. The maximum absolute atomic E-state index is 13.2. The van der Waals surface area contributed by atoms with E-state index in [1.54, 1.807) is 6.07 Å². The molecule has 19 heavy (non-hydrogen) atoms. The van der Waals surface area contributed by atoms with Crippen molar-refractivity contribution in [2.75, 3.05) is 0 Å². The number of carboxylic acid groups (broad SMARTS) is 1. The Labute approximate surface area is 110 Å². The number of amides is 1. The van der Waals surface area contributed by atoms with E-state index >= 15 is 0 Å². The third-order valence-electron chi connectivity index (χ3n) is 4.49. The first-order valence-electron chi connectivity index (χ1n) is 6.38. The molecule has 1 aromatic carbocycles. The van der Waals surface area contributed by atoms with E-state index < -0.39 is 24.1 Å². The highest BCUT2D eigenvalue weighted by Gasteiger charge is 2.62. The second-order valence-corrected chi connectivity index (χ2v) is 5.81. The highest BCUT2D eigenvalue weighted by Crippen LogP contribution is 2.57. The van der Waals surface area contributed by atoms with Gasteiger partial charge in [0.25, 0.3) is 0 Å². The molecule has 2 N–H and O–H groups in total. The summed E-state index contributed by atoms with van der Waals surface area (Å²) in [6, 6.07) is 5.26. The molecular formula is C14H16FNO3. The molecule has 3 fully saturated rings. The lowest BCUT2D eigenvalue weighted by Crippen LogP contribution is -2.47. The summed E-state index contributed by atoms with van der Waals surface area (Å²) in [6.07, 6.45) is -0.434. The van der Waals surface area contributed by atoms with Crippen LogP contribution in [0.3, 0.4) is 0 Å². The normalized spacial score (nSPS) is 33.9. The molecule has 1 saturated carbocycles. The lowest BCUT2D eigenvalue weighted by Gasteiger charge is -2.37. The Bertz CT molecular complexity index is 527. The standard InChI is InChI=1S/C14H16FNO3/c1-14-6-9(7-14)11(16(14)13(18)19)12(17)8-3-2-4-10(15)5-8/h2-5,9,11-12,17H,6-7H2,1H3,(H,18,19)/t9?,11-,12-,14?/m0/s1. The summed E-state index contributed by atoms with van der Waals surface area (Å²) in [5, 5.41) is 19.7. The number of nitrogens with zero attached hydrogens (tertiary/aromatic N) is 1. The highest BCUT2D eigenvalue weighted by atomic mass is 19.1. The minimum atomic E-state index is -1.01. The molecule has 4 rings (SSSR count). The van der Waals surface area contributed by atoms with Crippen molar-refractivity contribution < 1.29 is 19.4 Å². The first-order chi connectivity index (χ1) is 8.92. The average molecular weight is 265 g/mol. The smallest absolute Gasteiger partial charge is 0.408 e. The van der Waals surface area contributed by atoms with Crippen molar-refractivity contribution in [1.82, 2.24) is 4.90 Å². The number of fused-ring (bicyclic) bond motifs is 1. The quantitative estimate of drug-likeness (QED) is 0.863. The zero-order valence-corrected chi connectivity index (χ0v) is 10.6. The van der Waals surface area contributed by atoms with Crippen LogP contribution in [0.2, 0.25) is 0 Å². The molecule has 0 radical (unpaired) electrons. The summed E-state index contributed by atoms with van der Waals surface area (Å²) in [7, 11) is 0. The topological polar surface area (TPSA) is 60.8 Å². The molecule has 2 bridgehead atoms. The minimum Gasteiger partial charge on any atom is -0.465 e. The summed E-state index contributed by atoms with van der Waals surface area (Å²) in [5.74, 6) is -0.255. The van der Waals surface area contributed by atoms with Gasteiger partial charge >= 0.3 is 6.09 Å². The summed E-state index contributed by atoms with van der Waals surface area (Å²) in [4.78, 5) is 12.8. The molecule has 2 atom stereocenters. The van der Waals surface area contributed by atoms with E-state index in [-0.39, 0.29) is 11.5 Å². The summed E-state index contributed by atoms with van der Waals surface area (Å²) in [6.45, 7) is 1.90. The molecule has 2 aliphatic heterocycles. The second kappa shape index (κ2) is 3.93. The number of rotatable bonds is 2. The molecule has 1 aromatic rings. The predicted octanol–water partition coefficient (Wildman–Crippen LogP) is 2.39. The Morgan fingerprint density at radius 3 is 2.79 bits per heavy atom. The van der Waals surface area contributed by atoms with Gasteiger partial charge in [0.05, 0.1) is 12.1 Å². The van der Waals surface area contributed by atoms with E-state index in [0.717, 1.165) is 12.8 Å². The third kappa shape index (κ3) is 1.72. The predicted molar refractivity (Wildman–Crippen MR) is 66.1 cm³/mol. The molecule has 0 spiro atoms. The molecule has 3 aliphatic rings. The molecular weight excluding hydrogens is 249 g/mol. The van der Waals surface area contributed by atoms with E-state index in [1.807, 2.05) is 6.92 Å². The van der Waals surface area contributed by atoms with Crippen LogP contribution >= 0.6 is 0 Å². The highest BCUT2D eigenvalue weighted by molar-refractivity contribution is 5.68. The van der Waals surface area contributed by atoms with Crippen LogP contribution in [0.25, 0.3) is 0 Å². The Balaban J connectivity index is 1.92. The third-order valence-corrected chi connectivity index (χ3v) is 4.49. The van der Waals surface area contributed by atoms with Gasteiger partial charge in [-0.05, 0) is 43.4 Å². The fourth-order valence-electron chi connectivity index (χ4n) is 3.72. The van der Waals surface area contributed by atoms with Gasteiger partial charge in [-0.15, -0.1) is 0 Å². The lowest BCUT2D eigenvalue weighted by atomic mass is 9.72. The SMILES string of the molecule is CC12CC(C1)[C@@H]([C@@H](O)c1cccc(F)c1)N2C(=O)O. The monoisotopic (exact) mass is 265 g/mol. The molecule has 2 heterocycles. The molecule has 1 amide bonds. The molecule has 2 saturated heterocycles. The fraction of sp³-hybridized carbons (Fsp3) is 0.500. The van der Waals surface area contributed by atoms with E-state index in [0.29, 0.717) is 5.56 Å². The number of halogens is 1. The number of aliphatic hydroxyl groups is 1. The second-order valence-electron chi connectivity index (χ2n) is 5.81. The molecule has 4 nitrogen and oxygen atoms in total. The largest absolute Gasteiger partial charge is 0.465 e. The Morgan fingerprint density at radius 1 is 1.53 bits per heavy atom. The van der Waals surface area contributed by atoms with Gasteiger partial charge in [0.15, 0.2) is 0 Å². The number of aliphatic hydroxyl groups excluding tert-OH is 1. The van der Waals surface area contributed by atoms with E-state index in [9.17, 15) is 19.4 Å². The fourth-order valence-corrected chi connectivity index (χ4v) is 3.72. The van der Waals surface area contributed by atoms with Crippen molar-refractivity contribution in [2.45, 2.75) is 37.5 Å². The van der Waals surface area contributed by atoms with Crippen LogP contribution in [-0.2, 0) is 0 Å². The number of hydrogen-bond donors (Lipinski definition) is 2. The Morgan fingerprint density at radius 2 is 2.21 bits per heavy atom. The van der Waals surface area contributed by atoms with Crippen molar-refractivity contribution in [1.29, 1.82) is 0 Å². The maximum atomic E-state index is 13.2. The number of hydrogen-bond acceptors (Lipinski definition) is 2. The maximum Gasteiger partial charge on any atom is 0.408 e. The van der Waals surface area contributed by atoms with Crippen LogP contribution in [0.15, 0.2) is 24.3 Å². The van der Waals surface area contributed by atoms with Crippen LogP contribution in [0.5, 0.6) is 0 Å². The van der Waals surface area contributed by atoms with Crippen molar-refractivity contribution in [3.8, 4) is 0 Å². The van der Waals surface area contributed by atoms with Gasteiger partial charge < -0.3 is 10.2 Å². The van der Waals surface area contributed by atoms with E-state index in [4.69, 9.17) is 0 Å². The van der Waals surface area contributed by atoms with Crippen molar-refractivity contribution in [3.05, 3.63) is 35.6 Å². The van der Waals surface area contributed by atoms with E-state index in [1.165, 1.54) is 23.1 Å². The van der Waals surface area contributed by atoms with Crippen LogP contribution in [0, 0.1) is 11.7 Å². The van der Waals surface area contributed by atoms with Crippen LogP contribution in [-0.4, -0.2) is 32.8 Å². The molecule has 0 unspecified atom stereocenters. The van der Waals surface area contributed by atoms with Crippen LogP contribution in [0.1, 0.15) is 31.4 Å².